The number of carbonyl (C=O) groups is 2. The number of nitrogens with zero attached hydrogens (tertiary/aromatic N) is 1. The van der Waals surface area contributed by atoms with E-state index in [2.05, 4.69) is 18.8 Å². The van der Waals surface area contributed by atoms with Crippen molar-refractivity contribution in [1.29, 1.82) is 5.26 Å². The normalized spacial score (nSPS) is 37.0. The van der Waals surface area contributed by atoms with Crippen LogP contribution >= 0.6 is 0 Å². The van der Waals surface area contributed by atoms with Crippen LogP contribution in [-0.4, -0.2) is 11.6 Å². The maximum atomic E-state index is 12.5. The van der Waals surface area contributed by atoms with Gasteiger partial charge in [-0.2, -0.15) is 5.26 Å². The number of nitriles is 1. The monoisotopic (exact) mass is 321 g/mol. The van der Waals surface area contributed by atoms with Gasteiger partial charge in [0.15, 0.2) is 5.78 Å². The lowest BCUT2D eigenvalue weighted by Gasteiger charge is -2.58. The average Bonchev–Trinajstić information content (AvgIpc) is 2.52. The molecule has 0 N–H and O–H groups in total. The van der Waals surface area contributed by atoms with Crippen molar-refractivity contribution in [2.24, 2.45) is 22.2 Å². The van der Waals surface area contributed by atoms with E-state index in [0.717, 1.165) is 24.8 Å². The number of carbonyl (C=O) groups excluding carboxylic acids is 2. The summed E-state index contributed by atoms with van der Waals surface area (Å²) in [6.07, 6.45) is 6.37. The Bertz CT molecular complexity index is 796. The van der Waals surface area contributed by atoms with Crippen LogP contribution in [0.15, 0.2) is 23.3 Å². The van der Waals surface area contributed by atoms with Crippen molar-refractivity contribution in [1.82, 2.24) is 0 Å². The summed E-state index contributed by atoms with van der Waals surface area (Å²) in [6.45, 7) is 8.06. The molecule has 0 aromatic rings. The summed E-state index contributed by atoms with van der Waals surface area (Å²) in [5.41, 5.74) is 0.0594. The van der Waals surface area contributed by atoms with Crippen molar-refractivity contribution in [3.8, 4) is 17.9 Å². The molecule has 3 nitrogen and oxygen atoms in total. The van der Waals surface area contributed by atoms with Gasteiger partial charge in [0.2, 0.25) is 0 Å². The molecule has 3 heteroatoms. The van der Waals surface area contributed by atoms with Crippen LogP contribution in [0.25, 0.3) is 0 Å². The van der Waals surface area contributed by atoms with E-state index in [1.807, 2.05) is 19.9 Å². The standard InChI is InChI=1S/C21H23NO2/c1-5-8-21-10-6-16-19(2,3)18(24)7-9-20(16,4)17(21)11-15(23)14(12-21)13-22/h11-12,16H,6-7,9-10H2,1-4H3/t16-,20-,21-/m0/s1. The number of rotatable bonds is 0. The Labute approximate surface area is 143 Å². The Morgan fingerprint density at radius 3 is 2.54 bits per heavy atom. The Morgan fingerprint density at radius 2 is 1.92 bits per heavy atom. The maximum absolute atomic E-state index is 12.5. The molecule has 0 aliphatic heterocycles. The van der Waals surface area contributed by atoms with Crippen LogP contribution in [0.1, 0.15) is 53.4 Å². The molecule has 0 spiro atoms. The largest absolute Gasteiger partial charge is 0.299 e. The van der Waals surface area contributed by atoms with Crippen LogP contribution < -0.4 is 0 Å². The molecule has 0 heterocycles. The van der Waals surface area contributed by atoms with E-state index < -0.39 is 5.41 Å². The summed E-state index contributed by atoms with van der Waals surface area (Å²) in [7, 11) is 0. The minimum absolute atomic E-state index is 0.190. The molecule has 0 bridgehead atoms. The van der Waals surface area contributed by atoms with Gasteiger partial charge in [-0.05, 0) is 55.2 Å². The highest BCUT2D eigenvalue weighted by atomic mass is 16.1. The summed E-state index contributed by atoms with van der Waals surface area (Å²) in [4.78, 5) is 24.9. The molecule has 0 aromatic carbocycles. The molecule has 0 radical (unpaired) electrons. The van der Waals surface area contributed by atoms with Gasteiger partial charge in [0.25, 0.3) is 0 Å². The fourth-order valence-electron chi connectivity index (χ4n) is 5.32. The number of fused-ring (bicyclic) bond motifs is 3. The summed E-state index contributed by atoms with van der Waals surface area (Å²) < 4.78 is 0. The van der Waals surface area contributed by atoms with Gasteiger partial charge in [-0.1, -0.05) is 26.7 Å². The molecule has 124 valence electrons. The van der Waals surface area contributed by atoms with Crippen molar-refractivity contribution in [2.75, 3.05) is 0 Å². The van der Waals surface area contributed by atoms with Crippen molar-refractivity contribution in [3.05, 3.63) is 23.3 Å². The lowest BCUT2D eigenvalue weighted by Crippen LogP contribution is -2.54. The Morgan fingerprint density at radius 1 is 1.21 bits per heavy atom. The fourth-order valence-corrected chi connectivity index (χ4v) is 5.32. The van der Waals surface area contributed by atoms with E-state index in [0.29, 0.717) is 12.2 Å². The molecular formula is C21H23NO2. The molecule has 0 saturated heterocycles. The molecule has 24 heavy (non-hydrogen) atoms. The summed E-state index contributed by atoms with van der Waals surface area (Å²) >= 11 is 0. The fraction of sp³-hybridized carbons (Fsp3) is 0.571. The smallest absolute Gasteiger partial charge is 0.196 e. The molecule has 0 aromatic heterocycles. The lowest BCUT2D eigenvalue weighted by atomic mass is 9.44. The lowest BCUT2D eigenvalue weighted by molar-refractivity contribution is -0.140. The third-order valence-electron chi connectivity index (χ3n) is 6.55. The Balaban J connectivity index is 2.20. The second kappa shape index (κ2) is 5.18. The third kappa shape index (κ3) is 2.04. The zero-order valence-corrected chi connectivity index (χ0v) is 14.8. The van der Waals surface area contributed by atoms with E-state index in [4.69, 9.17) is 0 Å². The predicted molar refractivity (Wildman–Crippen MR) is 91.5 cm³/mol. The Hall–Kier alpha value is -2.13. The van der Waals surface area contributed by atoms with Crippen molar-refractivity contribution < 1.29 is 9.59 Å². The minimum atomic E-state index is -0.532. The van der Waals surface area contributed by atoms with Crippen LogP contribution in [0.3, 0.4) is 0 Å². The van der Waals surface area contributed by atoms with E-state index in [-0.39, 0.29) is 28.1 Å². The highest BCUT2D eigenvalue weighted by Crippen LogP contribution is 2.64. The van der Waals surface area contributed by atoms with Gasteiger partial charge in [0.1, 0.15) is 11.9 Å². The zero-order valence-electron chi connectivity index (χ0n) is 14.8. The molecule has 3 aliphatic rings. The number of allylic oxidation sites excluding steroid dienone is 4. The van der Waals surface area contributed by atoms with E-state index in [1.165, 1.54) is 0 Å². The van der Waals surface area contributed by atoms with Crippen LogP contribution in [0.4, 0.5) is 0 Å². The second-order valence-electron chi connectivity index (χ2n) is 8.09. The van der Waals surface area contributed by atoms with E-state index in [1.54, 1.807) is 19.1 Å². The van der Waals surface area contributed by atoms with Crippen molar-refractivity contribution >= 4 is 11.6 Å². The Kier molecular flexibility index (Phi) is 3.61. The average molecular weight is 321 g/mol. The van der Waals surface area contributed by atoms with Gasteiger partial charge in [-0.15, -0.1) is 5.92 Å². The first-order chi connectivity index (χ1) is 11.2. The van der Waals surface area contributed by atoms with Crippen LogP contribution in [0.2, 0.25) is 0 Å². The highest BCUT2D eigenvalue weighted by molar-refractivity contribution is 6.09. The number of Topliss-reactive ketones (excluding diaryl/α,β-unsaturated/α-hetero) is 1. The maximum Gasteiger partial charge on any atom is 0.196 e. The van der Waals surface area contributed by atoms with Crippen LogP contribution in [-0.2, 0) is 9.59 Å². The van der Waals surface area contributed by atoms with Gasteiger partial charge in [-0.3, -0.25) is 9.59 Å². The van der Waals surface area contributed by atoms with Crippen molar-refractivity contribution in [3.63, 3.8) is 0 Å². The van der Waals surface area contributed by atoms with Crippen molar-refractivity contribution in [2.45, 2.75) is 53.4 Å². The summed E-state index contributed by atoms with van der Waals surface area (Å²) in [5, 5.41) is 9.29. The first-order valence-electron chi connectivity index (χ1n) is 8.58. The molecular weight excluding hydrogens is 298 g/mol. The number of hydrogen-bond acceptors (Lipinski definition) is 3. The van der Waals surface area contributed by atoms with Gasteiger partial charge in [0.05, 0.1) is 11.0 Å². The summed E-state index contributed by atoms with van der Waals surface area (Å²) in [5.74, 6) is 6.60. The summed E-state index contributed by atoms with van der Waals surface area (Å²) in [6, 6.07) is 2.02. The van der Waals surface area contributed by atoms with Crippen LogP contribution in [0, 0.1) is 45.3 Å². The highest BCUT2D eigenvalue weighted by Gasteiger charge is 2.59. The molecule has 2 saturated carbocycles. The number of hydrogen-bond donors (Lipinski definition) is 0. The van der Waals surface area contributed by atoms with Gasteiger partial charge in [0, 0.05) is 11.8 Å². The first kappa shape index (κ1) is 16.7. The van der Waals surface area contributed by atoms with Gasteiger partial charge in [-0.25, -0.2) is 0 Å². The third-order valence-corrected chi connectivity index (χ3v) is 6.55. The van der Waals surface area contributed by atoms with E-state index in [9.17, 15) is 14.9 Å². The minimum Gasteiger partial charge on any atom is -0.299 e. The molecule has 0 unspecified atom stereocenters. The van der Waals surface area contributed by atoms with Crippen LogP contribution in [0.5, 0.6) is 0 Å². The van der Waals surface area contributed by atoms with E-state index >= 15 is 0 Å². The van der Waals surface area contributed by atoms with Gasteiger partial charge < -0.3 is 0 Å². The number of ketones is 2. The second-order valence-corrected chi connectivity index (χ2v) is 8.09. The van der Waals surface area contributed by atoms with Gasteiger partial charge >= 0.3 is 0 Å². The molecule has 3 aliphatic carbocycles. The molecule has 3 atom stereocenters. The first-order valence-corrected chi connectivity index (χ1v) is 8.58. The zero-order chi connectivity index (χ0) is 17.8. The molecule has 2 fully saturated rings. The molecule has 3 rings (SSSR count). The topological polar surface area (TPSA) is 57.9 Å². The molecule has 0 amide bonds. The SMILES string of the molecule is CC#C[C@]12C=C(C#N)C(=O)C=C1[C@@]1(C)CCC(=O)C(C)(C)[C@@H]1CC2. The predicted octanol–water partition coefficient (Wildman–Crippen LogP) is 3.76. The quantitative estimate of drug-likeness (QED) is 0.638.